The zero-order chi connectivity index (χ0) is 9.90. The SMILES string of the molecule is CC(C)(N)c1ccccc1[Se]C#N. The number of hydrogen-bond donors (Lipinski definition) is 1. The summed E-state index contributed by atoms with van der Waals surface area (Å²) in [5, 5.41) is 8.65. The van der Waals surface area contributed by atoms with Gasteiger partial charge in [0.2, 0.25) is 0 Å². The standard InChI is InChI=1S/C10H12N2Se/c1-10(2,12)8-5-3-4-6-9(8)13-7-11/h3-6H,12H2,1-2H3. The van der Waals surface area contributed by atoms with Crippen LogP contribution in [0.2, 0.25) is 0 Å². The predicted molar refractivity (Wildman–Crippen MR) is 54.7 cm³/mol. The van der Waals surface area contributed by atoms with Gasteiger partial charge in [-0.05, 0) is 0 Å². The van der Waals surface area contributed by atoms with E-state index in [1.807, 2.05) is 38.1 Å². The van der Waals surface area contributed by atoms with Crippen molar-refractivity contribution in [2.45, 2.75) is 19.4 Å². The molecule has 68 valence electrons. The van der Waals surface area contributed by atoms with Crippen molar-refractivity contribution in [1.29, 1.82) is 5.26 Å². The topological polar surface area (TPSA) is 49.8 Å². The minimum atomic E-state index is -0.352. The summed E-state index contributed by atoms with van der Waals surface area (Å²) in [4.78, 5) is 2.20. The van der Waals surface area contributed by atoms with Crippen LogP contribution >= 0.6 is 0 Å². The molecule has 0 saturated heterocycles. The van der Waals surface area contributed by atoms with Crippen LogP contribution in [-0.2, 0) is 5.54 Å². The number of nitrogens with zero attached hydrogens (tertiary/aromatic N) is 1. The first kappa shape index (κ1) is 10.3. The number of hydrogen-bond acceptors (Lipinski definition) is 2. The van der Waals surface area contributed by atoms with E-state index in [0.29, 0.717) is 0 Å². The van der Waals surface area contributed by atoms with Crippen molar-refractivity contribution >= 4 is 19.4 Å². The van der Waals surface area contributed by atoms with Gasteiger partial charge < -0.3 is 0 Å². The van der Waals surface area contributed by atoms with Crippen molar-refractivity contribution in [1.82, 2.24) is 0 Å². The Morgan fingerprint density at radius 2 is 2.00 bits per heavy atom. The molecule has 1 aromatic rings. The van der Waals surface area contributed by atoms with Gasteiger partial charge in [-0.2, -0.15) is 0 Å². The summed E-state index contributed by atoms with van der Waals surface area (Å²) in [7, 11) is 0. The Balaban J connectivity index is 3.14. The predicted octanol–water partition coefficient (Wildman–Crippen LogP) is 0.691. The first-order chi connectivity index (χ1) is 6.05. The number of benzene rings is 1. The molecule has 0 saturated carbocycles. The molecule has 13 heavy (non-hydrogen) atoms. The van der Waals surface area contributed by atoms with Gasteiger partial charge in [-0.1, -0.05) is 0 Å². The molecule has 2 nitrogen and oxygen atoms in total. The fourth-order valence-electron chi connectivity index (χ4n) is 1.14. The van der Waals surface area contributed by atoms with Crippen LogP contribution < -0.4 is 10.2 Å². The van der Waals surface area contributed by atoms with Crippen molar-refractivity contribution < 1.29 is 0 Å². The maximum atomic E-state index is 8.65. The molecule has 0 spiro atoms. The normalized spacial score (nSPS) is 10.9. The Kier molecular flexibility index (Phi) is 3.11. The second kappa shape index (κ2) is 3.93. The Morgan fingerprint density at radius 1 is 1.38 bits per heavy atom. The van der Waals surface area contributed by atoms with E-state index in [9.17, 15) is 0 Å². The van der Waals surface area contributed by atoms with Gasteiger partial charge in [-0.3, -0.25) is 0 Å². The Bertz CT molecular complexity index is 334. The molecule has 0 radical (unpaired) electrons. The van der Waals surface area contributed by atoms with Gasteiger partial charge in [-0.25, -0.2) is 0 Å². The summed E-state index contributed by atoms with van der Waals surface area (Å²) in [6.45, 7) is 3.92. The number of rotatable bonds is 2. The quantitative estimate of drug-likeness (QED) is 0.772. The van der Waals surface area contributed by atoms with Crippen LogP contribution in [0.4, 0.5) is 0 Å². The molecule has 0 amide bonds. The van der Waals surface area contributed by atoms with Crippen molar-refractivity contribution in [3.8, 4) is 4.97 Å². The van der Waals surface area contributed by atoms with Gasteiger partial charge in [0.25, 0.3) is 0 Å². The van der Waals surface area contributed by atoms with E-state index in [2.05, 4.69) is 4.97 Å². The van der Waals surface area contributed by atoms with E-state index in [0.717, 1.165) is 10.0 Å². The first-order valence-electron chi connectivity index (χ1n) is 4.00. The van der Waals surface area contributed by atoms with E-state index in [1.165, 1.54) is 0 Å². The summed E-state index contributed by atoms with van der Waals surface area (Å²) < 4.78 is 1.09. The average molecular weight is 239 g/mol. The molecule has 0 aliphatic rings. The fraction of sp³-hybridized carbons (Fsp3) is 0.300. The molecule has 3 heteroatoms. The van der Waals surface area contributed by atoms with E-state index in [4.69, 9.17) is 11.0 Å². The van der Waals surface area contributed by atoms with Gasteiger partial charge in [0.05, 0.1) is 0 Å². The number of nitriles is 1. The van der Waals surface area contributed by atoms with Gasteiger partial charge in [-0.15, -0.1) is 0 Å². The van der Waals surface area contributed by atoms with Crippen LogP contribution in [0.25, 0.3) is 0 Å². The molecule has 0 aliphatic carbocycles. The third kappa shape index (κ3) is 2.57. The average Bonchev–Trinajstić information content (AvgIpc) is 2.04. The van der Waals surface area contributed by atoms with Crippen LogP contribution in [0, 0.1) is 10.2 Å². The molecule has 0 heterocycles. The van der Waals surface area contributed by atoms with E-state index >= 15 is 0 Å². The third-order valence-corrected chi connectivity index (χ3v) is 3.14. The molecule has 0 aromatic heterocycles. The molecular weight excluding hydrogens is 227 g/mol. The second-order valence-electron chi connectivity index (χ2n) is 3.41. The summed E-state index contributed by atoms with van der Waals surface area (Å²) in [6.07, 6.45) is 0. The summed E-state index contributed by atoms with van der Waals surface area (Å²) in [5.74, 6) is 0. The molecule has 2 N–H and O–H groups in total. The summed E-state index contributed by atoms with van der Waals surface area (Å²) >= 11 is -0.118. The molecule has 0 aliphatic heterocycles. The molecule has 1 aromatic carbocycles. The van der Waals surface area contributed by atoms with Crippen LogP contribution in [0.15, 0.2) is 24.3 Å². The van der Waals surface area contributed by atoms with Crippen LogP contribution in [0.3, 0.4) is 0 Å². The second-order valence-corrected chi connectivity index (χ2v) is 5.15. The number of nitrogens with two attached hydrogens (primary N) is 1. The Hall–Kier alpha value is -0.811. The molecule has 0 bridgehead atoms. The monoisotopic (exact) mass is 240 g/mol. The van der Waals surface area contributed by atoms with Crippen molar-refractivity contribution in [3.63, 3.8) is 0 Å². The van der Waals surface area contributed by atoms with Crippen molar-refractivity contribution in [2.75, 3.05) is 0 Å². The van der Waals surface area contributed by atoms with Crippen LogP contribution in [0.5, 0.6) is 0 Å². The maximum absolute atomic E-state index is 8.65. The van der Waals surface area contributed by atoms with Gasteiger partial charge in [0.1, 0.15) is 0 Å². The Labute approximate surface area is 84.9 Å². The molecule has 0 fully saturated rings. The molecule has 1 rings (SSSR count). The fourth-order valence-corrected chi connectivity index (χ4v) is 2.58. The van der Waals surface area contributed by atoms with Crippen LogP contribution in [0.1, 0.15) is 19.4 Å². The minimum absolute atomic E-state index is 0.118. The molecular formula is C10H12N2Se. The first-order valence-corrected chi connectivity index (χ1v) is 5.71. The van der Waals surface area contributed by atoms with Gasteiger partial charge in [0.15, 0.2) is 0 Å². The molecule has 0 atom stereocenters. The van der Waals surface area contributed by atoms with E-state index < -0.39 is 0 Å². The Morgan fingerprint density at radius 3 is 2.54 bits per heavy atom. The zero-order valence-electron chi connectivity index (χ0n) is 7.74. The summed E-state index contributed by atoms with van der Waals surface area (Å²) in [5.41, 5.74) is 6.72. The zero-order valence-corrected chi connectivity index (χ0v) is 9.46. The van der Waals surface area contributed by atoms with Crippen LogP contribution in [-0.4, -0.2) is 15.0 Å². The van der Waals surface area contributed by atoms with Crippen molar-refractivity contribution in [2.24, 2.45) is 5.73 Å². The van der Waals surface area contributed by atoms with Gasteiger partial charge >= 0.3 is 84.6 Å². The van der Waals surface area contributed by atoms with Crippen molar-refractivity contribution in [3.05, 3.63) is 29.8 Å². The molecule has 0 unspecified atom stereocenters. The third-order valence-electron chi connectivity index (χ3n) is 1.74. The van der Waals surface area contributed by atoms with E-state index in [1.54, 1.807) is 0 Å². The van der Waals surface area contributed by atoms with Gasteiger partial charge in [0, 0.05) is 0 Å². The summed E-state index contributed by atoms with van der Waals surface area (Å²) in [6, 6.07) is 7.88. The van der Waals surface area contributed by atoms with E-state index in [-0.39, 0.29) is 20.5 Å².